The summed E-state index contributed by atoms with van der Waals surface area (Å²) in [5, 5.41) is 0. The van der Waals surface area contributed by atoms with Crippen LogP contribution in [0.15, 0.2) is 12.2 Å². The van der Waals surface area contributed by atoms with E-state index in [1.54, 1.807) is 0 Å². The highest BCUT2D eigenvalue weighted by Gasteiger charge is 2.81. The molecule has 144 valence electrons. The summed E-state index contributed by atoms with van der Waals surface area (Å²) in [7, 11) is 0. The molecule has 0 aliphatic carbocycles. The molecule has 0 aliphatic rings. The lowest BCUT2D eigenvalue weighted by Gasteiger charge is -2.33. The molecule has 0 aromatic rings. The average molecular weight is 372 g/mol. The molecule has 0 aromatic carbocycles. The monoisotopic (exact) mass is 372 g/mol. The second-order valence-corrected chi connectivity index (χ2v) is 5.58. The van der Waals surface area contributed by atoms with Gasteiger partial charge in [-0.2, -0.15) is 39.5 Å². The van der Waals surface area contributed by atoms with Gasteiger partial charge in [-0.1, -0.05) is 51.2 Å². The van der Waals surface area contributed by atoms with E-state index in [2.05, 4.69) is 0 Å². The van der Waals surface area contributed by atoms with Crippen molar-refractivity contribution in [2.45, 2.75) is 82.2 Å². The molecular formula is C15H21F9. The lowest BCUT2D eigenvalue weighted by molar-refractivity contribution is -0.395. The summed E-state index contributed by atoms with van der Waals surface area (Å²) in [6.07, 6.45) is -1.33. The van der Waals surface area contributed by atoms with E-state index in [-0.39, 0.29) is 6.42 Å². The van der Waals surface area contributed by atoms with Crippen molar-refractivity contribution < 1.29 is 39.5 Å². The first-order valence-corrected chi connectivity index (χ1v) is 7.66. The molecule has 24 heavy (non-hydrogen) atoms. The highest BCUT2D eigenvalue weighted by Crippen LogP contribution is 2.54. The van der Waals surface area contributed by atoms with Gasteiger partial charge in [-0.05, 0) is 12.8 Å². The molecule has 0 saturated carbocycles. The summed E-state index contributed by atoms with van der Waals surface area (Å²) in [5.74, 6) is -18.8. The molecule has 0 amide bonds. The zero-order valence-corrected chi connectivity index (χ0v) is 13.2. The number of alkyl halides is 9. The second-order valence-electron chi connectivity index (χ2n) is 5.58. The fourth-order valence-corrected chi connectivity index (χ4v) is 1.93. The maximum Gasteiger partial charge on any atom is 0.460 e. The largest absolute Gasteiger partial charge is 0.460 e. The lowest BCUT2D eigenvalue weighted by atomic mass is 10.0. The molecule has 0 N–H and O–H groups in total. The number of unbranched alkanes of at least 4 members (excludes halogenated alkanes) is 6. The van der Waals surface area contributed by atoms with Crippen LogP contribution in [0, 0.1) is 0 Å². The Kier molecular flexibility index (Phi) is 8.65. The van der Waals surface area contributed by atoms with Crippen molar-refractivity contribution in [1.82, 2.24) is 0 Å². The highest BCUT2D eigenvalue weighted by atomic mass is 19.4. The van der Waals surface area contributed by atoms with Gasteiger partial charge in [-0.25, -0.2) is 0 Å². The molecule has 0 nitrogen and oxygen atoms in total. The first-order valence-electron chi connectivity index (χ1n) is 7.66. The zero-order valence-electron chi connectivity index (χ0n) is 13.2. The van der Waals surface area contributed by atoms with Crippen molar-refractivity contribution in [2.24, 2.45) is 0 Å². The van der Waals surface area contributed by atoms with E-state index in [1.165, 1.54) is 0 Å². The van der Waals surface area contributed by atoms with Gasteiger partial charge >= 0.3 is 23.9 Å². The van der Waals surface area contributed by atoms with Crippen LogP contribution in [-0.2, 0) is 0 Å². The van der Waals surface area contributed by atoms with Crippen LogP contribution < -0.4 is 0 Å². The minimum Gasteiger partial charge on any atom is -0.199 e. The van der Waals surface area contributed by atoms with Crippen LogP contribution in [0.25, 0.3) is 0 Å². The summed E-state index contributed by atoms with van der Waals surface area (Å²) >= 11 is 0. The van der Waals surface area contributed by atoms with Gasteiger partial charge in [0.15, 0.2) is 0 Å². The predicted molar refractivity (Wildman–Crippen MR) is 72.6 cm³/mol. The van der Waals surface area contributed by atoms with Gasteiger partial charge < -0.3 is 0 Å². The number of allylic oxidation sites excluding steroid dienone is 2. The van der Waals surface area contributed by atoms with Crippen molar-refractivity contribution in [3.8, 4) is 0 Å². The molecule has 0 fully saturated rings. The van der Waals surface area contributed by atoms with Gasteiger partial charge in [-0.15, -0.1) is 0 Å². The van der Waals surface area contributed by atoms with E-state index in [0.717, 1.165) is 38.2 Å². The molecule has 0 unspecified atom stereocenters. The Bertz CT molecular complexity index is 383. The Labute approximate surface area is 135 Å². The van der Waals surface area contributed by atoms with Gasteiger partial charge in [0.1, 0.15) is 0 Å². The first kappa shape index (κ1) is 23.1. The van der Waals surface area contributed by atoms with Crippen molar-refractivity contribution in [3.05, 3.63) is 12.2 Å². The summed E-state index contributed by atoms with van der Waals surface area (Å²) in [5.41, 5.74) is 0. The van der Waals surface area contributed by atoms with Crippen molar-refractivity contribution in [1.29, 1.82) is 0 Å². The fraction of sp³-hybridized carbons (Fsp3) is 0.867. The van der Waals surface area contributed by atoms with Crippen LogP contribution in [0.1, 0.15) is 58.3 Å². The lowest BCUT2D eigenvalue weighted by Crippen LogP contribution is -2.60. The molecule has 0 radical (unpaired) electrons. The number of halogens is 9. The van der Waals surface area contributed by atoms with E-state index in [9.17, 15) is 39.5 Å². The van der Waals surface area contributed by atoms with Crippen LogP contribution in [0.5, 0.6) is 0 Å². The van der Waals surface area contributed by atoms with Crippen LogP contribution in [0.4, 0.5) is 39.5 Å². The maximum atomic E-state index is 13.2. The SMILES string of the molecule is CCCCCCCCC=CCC(F)(F)C(F)(F)C(F)(F)C(F)(F)F. The van der Waals surface area contributed by atoms with Gasteiger partial charge in [0.25, 0.3) is 0 Å². The van der Waals surface area contributed by atoms with Crippen LogP contribution in [-0.4, -0.2) is 23.9 Å². The van der Waals surface area contributed by atoms with Crippen LogP contribution in [0.3, 0.4) is 0 Å². The molecule has 9 heteroatoms. The third kappa shape index (κ3) is 5.88. The minimum atomic E-state index is -6.81. The van der Waals surface area contributed by atoms with Crippen molar-refractivity contribution >= 4 is 0 Å². The number of hydrogen-bond donors (Lipinski definition) is 0. The minimum absolute atomic E-state index is 0.267. The predicted octanol–water partition coefficient (Wildman–Crippen LogP) is 7.15. The molecule has 0 heterocycles. The molecular weight excluding hydrogens is 351 g/mol. The molecule has 0 rings (SSSR count). The molecule has 0 bridgehead atoms. The van der Waals surface area contributed by atoms with Gasteiger partial charge in [0, 0.05) is 6.42 Å². The van der Waals surface area contributed by atoms with E-state index in [1.807, 2.05) is 6.92 Å². The Balaban J connectivity index is 4.50. The van der Waals surface area contributed by atoms with E-state index in [0.29, 0.717) is 12.5 Å². The van der Waals surface area contributed by atoms with Gasteiger partial charge in [-0.3, -0.25) is 0 Å². The fourth-order valence-electron chi connectivity index (χ4n) is 1.93. The second kappa shape index (κ2) is 8.99. The molecule has 0 saturated heterocycles. The zero-order chi connectivity index (χ0) is 19.1. The Morgan fingerprint density at radius 3 is 1.62 bits per heavy atom. The summed E-state index contributed by atoms with van der Waals surface area (Å²) < 4.78 is 113. The van der Waals surface area contributed by atoms with E-state index in [4.69, 9.17) is 0 Å². The highest BCUT2D eigenvalue weighted by molar-refractivity contribution is 5.03. The van der Waals surface area contributed by atoms with E-state index < -0.39 is 30.4 Å². The Morgan fingerprint density at radius 2 is 1.12 bits per heavy atom. The molecule has 0 atom stereocenters. The Morgan fingerprint density at radius 1 is 0.625 bits per heavy atom. The molecule has 0 aromatic heterocycles. The average Bonchev–Trinajstić information content (AvgIpc) is 2.43. The normalized spacial score (nSPS) is 14.6. The number of rotatable bonds is 11. The van der Waals surface area contributed by atoms with Crippen molar-refractivity contribution in [3.63, 3.8) is 0 Å². The van der Waals surface area contributed by atoms with Crippen molar-refractivity contribution in [2.75, 3.05) is 0 Å². The number of hydrogen-bond acceptors (Lipinski definition) is 0. The van der Waals surface area contributed by atoms with Crippen LogP contribution in [0.2, 0.25) is 0 Å². The molecule has 0 spiro atoms. The maximum absolute atomic E-state index is 13.2. The smallest absolute Gasteiger partial charge is 0.199 e. The Hall–Kier alpha value is -0.890. The van der Waals surface area contributed by atoms with Gasteiger partial charge in [0.2, 0.25) is 0 Å². The third-order valence-corrected chi connectivity index (χ3v) is 3.47. The van der Waals surface area contributed by atoms with Crippen LogP contribution >= 0.6 is 0 Å². The van der Waals surface area contributed by atoms with Gasteiger partial charge in [0.05, 0.1) is 0 Å². The first-order chi connectivity index (χ1) is 10.8. The third-order valence-electron chi connectivity index (χ3n) is 3.47. The topological polar surface area (TPSA) is 0 Å². The quantitative estimate of drug-likeness (QED) is 0.205. The summed E-state index contributed by atoms with van der Waals surface area (Å²) in [6, 6.07) is 0. The molecule has 0 aliphatic heterocycles. The standard InChI is InChI=1S/C15H21F9/c1-2-3-4-5-6-7-8-9-10-11-12(16,17)13(18,19)14(20,21)15(22,23)24/h9-10H,2-8,11H2,1H3. The summed E-state index contributed by atoms with van der Waals surface area (Å²) in [4.78, 5) is 0. The summed E-state index contributed by atoms with van der Waals surface area (Å²) in [6.45, 7) is 2.03. The van der Waals surface area contributed by atoms with E-state index >= 15 is 0 Å².